The first-order chi connectivity index (χ1) is 12.9. The van der Waals surface area contributed by atoms with Crippen LogP contribution in [-0.2, 0) is 16.1 Å². The van der Waals surface area contributed by atoms with Crippen LogP contribution in [0.3, 0.4) is 0 Å². The van der Waals surface area contributed by atoms with Crippen LogP contribution in [0.2, 0.25) is 0 Å². The van der Waals surface area contributed by atoms with Crippen LogP contribution in [0.25, 0.3) is 0 Å². The molecule has 1 aromatic rings. The zero-order valence-electron chi connectivity index (χ0n) is 13.8. The molecule has 0 aliphatic rings. The Bertz CT molecular complexity index is 701. The van der Waals surface area contributed by atoms with E-state index in [4.69, 9.17) is 0 Å². The summed E-state index contributed by atoms with van der Waals surface area (Å²) in [6, 6.07) is 7.11. The van der Waals surface area contributed by atoms with E-state index in [0.29, 0.717) is 0 Å². The van der Waals surface area contributed by atoms with Crippen LogP contribution in [-0.4, -0.2) is 47.0 Å². The predicted octanol–water partition coefficient (Wildman–Crippen LogP) is 4.58. The SMILES string of the molecule is O=C(OCc1ccccc1)C(O)CC(F)(F)C(F)(F)C(F)(F)C(F)(F)C(F)(F)F. The van der Waals surface area contributed by atoms with Gasteiger partial charge in [-0.3, -0.25) is 0 Å². The first-order valence-corrected chi connectivity index (χ1v) is 7.35. The Morgan fingerprint density at radius 3 is 1.76 bits per heavy atom. The molecule has 29 heavy (non-hydrogen) atoms. The van der Waals surface area contributed by atoms with Gasteiger partial charge in [-0.15, -0.1) is 0 Å². The Labute approximate surface area is 155 Å². The quantitative estimate of drug-likeness (QED) is 0.468. The third-order valence-electron chi connectivity index (χ3n) is 3.55. The smallest absolute Gasteiger partial charge is 0.459 e. The molecule has 0 fully saturated rings. The van der Waals surface area contributed by atoms with E-state index < -0.39 is 55.0 Å². The largest absolute Gasteiger partial charge is 0.460 e. The fraction of sp³-hybridized carbons (Fsp3) is 0.533. The lowest BCUT2D eigenvalue weighted by Crippen LogP contribution is -2.66. The second kappa shape index (κ2) is 7.95. The van der Waals surface area contributed by atoms with E-state index in [9.17, 15) is 58.2 Å². The predicted molar refractivity (Wildman–Crippen MR) is 72.7 cm³/mol. The van der Waals surface area contributed by atoms with Crippen molar-refractivity contribution >= 4 is 5.97 Å². The molecule has 0 saturated heterocycles. The second-order valence-corrected chi connectivity index (χ2v) is 5.74. The zero-order chi connectivity index (χ0) is 22.9. The summed E-state index contributed by atoms with van der Waals surface area (Å²) < 4.78 is 145. The Kier molecular flexibility index (Phi) is 6.83. The van der Waals surface area contributed by atoms with E-state index in [0.717, 1.165) is 0 Å². The number of hydrogen-bond donors (Lipinski definition) is 1. The highest BCUT2D eigenvalue weighted by Crippen LogP contribution is 2.58. The summed E-state index contributed by atoms with van der Waals surface area (Å²) in [4.78, 5) is 11.4. The molecule has 1 atom stereocenters. The second-order valence-electron chi connectivity index (χ2n) is 5.74. The number of benzene rings is 1. The number of carbonyl (C=O) groups is 1. The molecule has 3 nitrogen and oxygen atoms in total. The maximum absolute atomic E-state index is 13.5. The van der Waals surface area contributed by atoms with Gasteiger partial charge in [0.05, 0.1) is 6.42 Å². The van der Waals surface area contributed by atoms with Gasteiger partial charge in [-0.1, -0.05) is 30.3 Å². The average Bonchev–Trinajstić information content (AvgIpc) is 2.58. The number of halogens is 11. The van der Waals surface area contributed by atoms with Gasteiger partial charge in [0.1, 0.15) is 6.61 Å². The van der Waals surface area contributed by atoms with Gasteiger partial charge in [0, 0.05) is 0 Å². The average molecular weight is 448 g/mol. The van der Waals surface area contributed by atoms with Gasteiger partial charge < -0.3 is 9.84 Å². The molecule has 0 heterocycles. The number of ether oxygens (including phenoxy) is 1. The molecule has 0 aliphatic heterocycles. The summed E-state index contributed by atoms with van der Waals surface area (Å²) in [5.74, 6) is -30.8. The Hall–Kier alpha value is -2.12. The number of carbonyl (C=O) groups excluding carboxylic acids is 1. The normalized spacial score (nSPS) is 15.2. The molecule has 1 rings (SSSR count). The monoisotopic (exact) mass is 448 g/mol. The van der Waals surface area contributed by atoms with Crippen molar-refractivity contribution < 1.29 is 62.9 Å². The highest BCUT2D eigenvalue weighted by molar-refractivity contribution is 5.74. The summed E-state index contributed by atoms with van der Waals surface area (Å²) in [6.07, 6.45) is -13.4. The molecule has 1 unspecified atom stereocenters. The summed E-state index contributed by atoms with van der Waals surface area (Å²) in [5.41, 5.74) is 0.237. The van der Waals surface area contributed by atoms with E-state index in [-0.39, 0.29) is 5.56 Å². The molecule has 0 amide bonds. The van der Waals surface area contributed by atoms with Gasteiger partial charge in [0.25, 0.3) is 0 Å². The maximum Gasteiger partial charge on any atom is 0.460 e. The number of esters is 1. The van der Waals surface area contributed by atoms with E-state index in [1.165, 1.54) is 30.3 Å². The minimum atomic E-state index is -7.60. The lowest BCUT2D eigenvalue weighted by molar-refractivity contribution is -0.423. The summed E-state index contributed by atoms with van der Waals surface area (Å²) in [6.45, 7) is -0.666. The maximum atomic E-state index is 13.5. The molecule has 0 bridgehead atoms. The fourth-order valence-electron chi connectivity index (χ4n) is 1.88. The van der Waals surface area contributed by atoms with Crippen molar-refractivity contribution in [2.75, 3.05) is 0 Å². The molecule has 0 saturated carbocycles. The highest BCUT2D eigenvalue weighted by atomic mass is 19.4. The van der Waals surface area contributed by atoms with Crippen LogP contribution in [0.5, 0.6) is 0 Å². The van der Waals surface area contributed by atoms with Crippen molar-refractivity contribution in [2.45, 2.75) is 49.0 Å². The molecule has 1 N–H and O–H groups in total. The molecule has 14 heteroatoms. The Morgan fingerprint density at radius 2 is 1.31 bits per heavy atom. The van der Waals surface area contributed by atoms with Crippen molar-refractivity contribution in [3.05, 3.63) is 35.9 Å². The molecule has 0 aliphatic carbocycles. The minimum absolute atomic E-state index is 0.237. The van der Waals surface area contributed by atoms with Crippen molar-refractivity contribution in [3.63, 3.8) is 0 Å². The molecule has 0 spiro atoms. The summed E-state index contributed by atoms with van der Waals surface area (Å²) in [5, 5.41) is 9.18. The Balaban J connectivity index is 2.96. The first-order valence-electron chi connectivity index (χ1n) is 7.35. The molecular formula is C15H11F11O3. The number of rotatable bonds is 8. The van der Waals surface area contributed by atoms with Gasteiger partial charge in [-0.05, 0) is 5.56 Å². The van der Waals surface area contributed by atoms with E-state index in [1.807, 2.05) is 0 Å². The van der Waals surface area contributed by atoms with E-state index >= 15 is 0 Å². The van der Waals surface area contributed by atoms with E-state index in [2.05, 4.69) is 4.74 Å². The van der Waals surface area contributed by atoms with Gasteiger partial charge in [0.2, 0.25) is 0 Å². The van der Waals surface area contributed by atoms with Gasteiger partial charge >= 0.3 is 35.8 Å². The highest BCUT2D eigenvalue weighted by Gasteiger charge is 2.87. The Morgan fingerprint density at radius 1 is 0.828 bits per heavy atom. The lowest BCUT2D eigenvalue weighted by atomic mass is 9.94. The summed E-state index contributed by atoms with van der Waals surface area (Å²) >= 11 is 0. The fourth-order valence-corrected chi connectivity index (χ4v) is 1.88. The molecule has 166 valence electrons. The van der Waals surface area contributed by atoms with Crippen molar-refractivity contribution in [1.29, 1.82) is 0 Å². The van der Waals surface area contributed by atoms with Crippen LogP contribution in [0.1, 0.15) is 12.0 Å². The van der Waals surface area contributed by atoms with Crippen LogP contribution in [0, 0.1) is 0 Å². The van der Waals surface area contributed by atoms with Crippen LogP contribution < -0.4 is 0 Å². The zero-order valence-corrected chi connectivity index (χ0v) is 13.8. The lowest BCUT2D eigenvalue weighted by Gasteiger charge is -2.37. The molecule has 0 aromatic heterocycles. The molecule has 0 radical (unpaired) electrons. The van der Waals surface area contributed by atoms with Crippen molar-refractivity contribution in [1.82, 2.24) is 0 Å². The summed E-state index contributed by atoms with van der Waals surface area (Å²) in [7, 11) is 0. The molecular weight excluding hydrogens is 437 g/mol. The van der Waals surface area contributed by atoms with Crippen LogP contribution >= 0.6 is 0 Å². The topological polar surface area (TPSA) is 46.5 Å². The number of aliphatic hydroxyl groups is 1. The first kappa shape index (κ1) is 24.9. The van der Waals surface area contributed by atoms with Crippen LogP contribution in [0.4, 0.5) is 48.3 Å². The standard InChI is InChI=1S/C15H11F11O3/c16-11(17,12(18,19)13(20,21)14(22,23)15(24,25)26)6-9(27)10(28)29-7-8-4-2-1-3-5-8/h1-5,9,27H,6-7H2. The molecule has 1 aromatic carbocycles. The van der Waals surface area contributed by atoms with Crippen molar-refractivity contribution in [2.24, 2.45) is 0 Å². The number of alkyl halides is 11. The van der Waals surface area contributed by atoms with E-state index in [1.54, 1.807) is 0 Å². The van der Waals surface area contributed by atoms with Gasteiger partial charge in [-0.25, -0.2) is 4.79 Å². The van der Waals surface area contributed by atoms with Crippen molar-refractivity contribution in [3.8, 4) is 0 Å². The van der Waals surface area contributed by atoms with Gasteiger partial charge in [0.15, 0.2) is 6.10 Å². The number of aliphatic hydroxyl groups excluding tert-OH is 1. The third kappa shape index (κ3) is 4.73. The minimum Gasteiger partial charge on any atom is -0.459 e. The third-order valence-corrected chi connectivity index (χ3v) is 3.55. The number of hydrogen-bond acceptors (Lipinski definition) is 3. The van der Waals surface area contributed by atoms with Gasteiger partial charge in [-0.2, -0.15) is 48.3 Å². The van der Waals surface area contributed by atoms with Crippen LogP contribution in [0.15, 0.2) is 30.3 Å².